The summed E-state index contributed by atoms with van der Waals surface area (Å²) in [5, 5.41) is 1.63. The van der Waals surface area contributed by atoms with Crippen LogP contribution in [0.3, 0.4) is 0 Å². The highest BCUT2D eigenvalue weighted by Gasteiger charge is 2.10. The minimum Gasteiger partial charge on any atom is -0.342 e. The number of rotatable bonds is 4. The number of aromatic nitrogens is 1. The number of alkyl halides is 1. The third kappa shape index (κ3) is 2.99. The van der Waals surface area contributed by atoms with Gasteiger partial charge in [0.1, 0.15) is 9.84 Å². The summed E-state index contributed by atoms with van der Waals surface area (Å²) in [4.78, 5) is 0. The van der Waals surface area contributed by atoms with Gasteiger partial charge in [0.05, 0.1) is 11.6 Å². The standard InChI is InChI=1S/C12H13Cl2NO2S/c1-18(16,17)5-4-15-11(8-13)7-9-6-10(14)2-3-12(9)15/h2-3,6-7H,4-5,8H2,1H3. The van der Waals surface area contributed by atoms with Crippen molar-refractivity contribution in [3.8, 4) is 0 Å². The highest BCUT2D eigenvalue weighted by atomic mass is 35.5. The molecular formula is C12H13Cl2NO2S. The molecule has 0 radical (unpaired) electrons. The number of halogens is 2. The van der Waals surface area contributed by atoms with Gasteiger partial charge in [0, 0.05) is 34.4 Å². The van der Waals surface area contributed by atoms with Gasteiger partial charge in [-0.05, 0) is 24.3 Å². The van der Waals surface area contributed by atoms with E-state index in [0.29, 0.717) is 17.4 Å². The first-order chi connectivity index (χ1) is 8.40. The third-order valence-electron chi connectivity index (χ3n) is 2.77. The summed E-state index contributed by atoms with van der Waals surface area (Å²) in [5.41, 5.74) is 1.86. The molecule has 1 aromatic heterocycles. The molecule has 98 valence electrons. The molecule has 0 atom stereocenters. The molecule has 0 unspecified atom stereocenters. The topological polar surface area (TPSA) is 39.1 Å². The first kappa shape index (κ1) is 13.7. The molecule has 0 bridgehead atoms. The Kier molecular flexibility index (Phi) is 3.90. The molecule has 0 amide bonds. The number of sulfone groups is 1. The number of aryl methyl sites for hydroxylation is 1. The highest BCUT2D eigenvalue weighted by Crippen LogP contribution is 2.24. The molecule has 0 aliphatic carbocycles. The van der Waals surface area contributed by atoms with Crippen molar-refractivity contribution >= 4 is 43.9 Å². The maximum absolute atomic E-state index is 11.2. The van der Waals surface area contributed by atoms with Gasteiger partial charge in [-0.3, -0.25) is 0 Å². The van der Waals surface area contributed by atoms with Gasteiger partial charge in [0.25, 0.3) is 0 Å². The molecule has 0 aliphatic rings. The predicted octanol–water partition coefficient (Wildman–Crippen LogP) is 3.08. The Labute approximate surface area is 116 Å². The van der Waals surface area contributed by atoms with Crippen molar-refractivity contribution in [1.82, 2.24) is 4.57 Å². The molecule has 1 heterocycles. The van der Waals surface area contributed by atoms with E-state index in [4.69, 9.17) is 23.2 Å². The number of nitrogens with zero attached hydrogens (tertiary/aromatic N) is 1. The lowest BCUT2D eigenvalue weighted by atomic mass is 10.2. The van der Waals surface area contributed by atoms with Crippen LogP contribution in [0.15, 0.2) is 24.3 Å². The third-order valence-corrected chi connectivity index (χ3v) is 4.20. The van der Waals surface area contributed by atoms with Crippen molar-refractivity contribution in [3.05, 3.63) is 35.0 Å². The highest BCUT2D eigenvalue weighted by molar-refractivity contribution is 7.90. The van der Waals surface area contributed by atoms with Gasteiger partial charge in [-0.15, -0.1) is 11.6 Å². The van der Waals surface area contributed by atoms with Gasteiger partial charge < -0.3 is 4.57 Å². The first-order valence-electron chi connectivity index (χ1n) is 5.42. The summed E-state index contributed by atoms with van der Waals surface area (Å²) in [6.45, 7) is 0.409. The number of hydrogen-bond donors (Lipinski definition) is 0. The van der Waals surface area contributed by atoms with Gasteiger partial charge in [-0.1, -0.05) is 11.6 Å². The van der Waals surface area contributed by atoms with E-state index in [1.807, 2.05) is 22.8 Å². The SMILES string of the molecule is CS(=O)(=O)CCn1c(CCl)cc2cc(Cl)ccc21. The molecule has 0 fully saturated rings. The maximum atomic E-state index is 11.2. The van der Waals surface area contributed by atoms with Gasteiger partial charge in [0.2, 0.25) is 0 Å². The van der Waals surface area contributed by atoms with E-state index < -0.39 is 9.84 Å². The Morgan fingerprint density at radius 2 is 2.00 bits per heavy atom. The van der Waals surface area contributed by atoms with Crippen LogP contribution in [0.5, 0.6) is 0 Å². The summed E-state index contributed by atoms with van der Waals surface area (Å²) < 4.78 is 24.4. The van der Waals surface area contributed by atoms with Crippen molar-refractivity contribution in [1.29, 1.82) is 0 Å². The lowest BCUT2D eigenvalue weighted by Gasteiger charge is -2.08. The largest absolute Gasteiger partial charge is 0.342 e. The molecule has 0 aliphatic heterocycles. The Bertz CT molecular complexity index is 677. The molecule has 18 heavy (non-hydrogen) atoms. The van der Waals surface area contributed by atoms with Crippen LogP contribution >= 0.6 is 23.2 Å². The van der Waals surface area contributed by atoms with Crippen molar-refractivity contribution in [3.63, 3.8) is 0 Å². The van der Waals surface area contributed by atoms with E-state index in [-0.39, 0.29) is 5.75 Å². The zero-order chi connectivity index (χ0) is 13.3. The van der Waals surface area contributed by atoms with Crippen LogP contribution in [0.1, 0.15) is 5.69 Å². The molecule has 0 saturated heterocycles. The van der Waals surface area contributed by atoms with Crippen molar-refractivity contribution in [2.24, 2.45) is 0 Å². The summed E-state index contributed by atoms with van der Waals surface area (Å²) in [6, 6.07) is 7.47. The minimum absolute atomic E-state index is 0.100. The van der Waals surface area contributed by atoms with Crippen LogP contribution in [-0.4, -0.2) is 25.0 Å². The molecule has 2 rings (SSSR count). The Morgan fingerprint density at radius 1 is 1.28 bits per heavy atom. The second kappa shape index (κ2) is 5.11. The quantitative estimate of drug-likeness (QED) is 0.814. The van der Waals surface area contributed by atoms with Crippen molar-refractivity contribution in [2.75, 3.05) is 12.0 Å². The van der Waals surface area contributed by atoms with E-state index in [2.05, 4.69) is 0 Å². The number of benzene rings is 1. The molecule has 6 heteroatoms. The van der Waals surface area contributed by atoms with E-state index in [0.717, 1.165) is 16.6 Å². The van der Waals surface area contributed by atoms with Gasteiger partial charge in [-0.25, -0.2) is 8.42 Å². The molecule has 0 spiro atoms. The van der Waals surface area contributed by atoms with E-state index in [1.54, 1.807) is 6.07 Å². The van der Waals surface area contributed by atoms with Crippen LogP contribution in [0, 0.1) is 0 Å². The normalized spacial score (nSPS) is 12.2. The number of hydrogen-bond acceptors (Lipinski definition) is 2. The zero-order valence-corrected chi connectivity index (χ0v) is 12.2. The minimum atomic E-state index is -2.99. The Hall–Kier alpha value is -0.710. The molecular weight excluding hydrogens is 293 g/mol. The smallest absolute Gasteiger partial charge is 0.149 e. The summed E-state index contributed by atoms with van der Waals surface area (Å²) in [6.07, 6.45) is 1.23. The second-order valence-electron chi connectivity index (χ2n) is 4.25. The maximum Gasteiger partial charge on any atom is 0.149 e. The van der Waals surface area contributed by atoms with Crippen LogP contribution in [0.4, 0.5) is 0 Å². The summed E-state index contributed by atoms with van der Waals surface area (Å²) in [5.74, 6) is 0.444. The summed E-state index contributed by atoms with van der Waals surface area (Å²) in [7, 11) is -2.99. The van der Waals surface area contributed by atoms with Gasteiger partial charge >= 0.3 is 0 Å². The molecule has 0 saturated carbocycles. The first-order valence-corrected chi connectivity index (χ1v) is 8.39. The molecule has 3 nitrogen and oxygen atoms in total. The van der Waals surface area contributed by atoms with E-state index in [9.17, 15) is 8.42 Å². The van der Waals surface area contributed by atoms with Crippen LogP contribution in [0.25, 0.3) is 10.9 Å². The van der Waals surface area contributed by atoms with Crippen LogP contribution in [0.2, 0.25) is 5.02 Å². The molecule has 1 aromatic carbocycles. The lowest BCUT2D eigenvalue weighted by molar-refractivity contribution is 0.595. The van der Waals surface area contributed by atoms with Crippen molar-refractivity contribution in [2.45, 2.75) is 12.4 Å². The molecule has 0 N–H and O–H groups in total. The van der Waals surface area contributed by atoms with Crippen LogP contribution in [-0.2, 0) is 22.3 Å². The fourth-order valence-corrected chi connectivity index (χ4v) is 2.85. The van der Waals surface area contributed by atoms with Gasteiger partial charge in [0.15, 0.2) is 0 Å². The monoisotopic (exact) mass is 305 g/mol. The van der Waals surface area contributed by atoms with Crippen molar-refractivity contribution < 1.29 is 8.42 Å². The predicted molar refractivity (Wildman–Crippen MR) is 76.2 cm³/mol. The average Bonchev–Trinajstić information content (AvgIpc) is 2.62. The fourth-order valence-electron chi connectivity index (χ4n) is 1.93. The number of fused-ring (bicyclic) bond motifs is 1. The second-order valence-corrected chi connectivity index (χ2v) is 7.22. The lowest BCUT2D eigenvalue weighted by Crippen LogP contribution is -2.12. The summed E-state index contributed by atoms with van der Waals surface area (Å²) >= 11 is 11.8. The average molecular weight is 306 g/mol. The van der Waals surface area contributed by atoms with E-state index >= 15 is 0 Å². The fraction of sp³-hybridized carbons (Fsp3) is 0.333. The molecule has 2 aromatic rings. The van der Waals surface area contributed by atoms with Gasteiger partial charge in [-0.2, -0.15) is 0 Å². The Morgan fingerprint density at radius 3 is 2.61 bits per heavy atom. The zero-order valence-electron chi connectivity index (χ0n) is 9.86. The van der Waals surface area contributed by atoms with E-state index in [1.165, 1.54) is 6.26 Å². The Balaban J connectivity index is 2.47. The van der Waals surface area contributed by atoms with Crippen LogP contribution < -0.4 is 0 Å².